The van der Waals surface area contributed by atoms with Gasteiger partial charge >= 0.3 is 0 Å². The van der Waals surface area contributed by atoms with Gasteiger partial charge in [0.2, 0.25) is 0 Å². The van der Waals surface area contributed by atoms with E-state index in [0.717, 1.165) is 0 Å². The molecule has 1 heterocycles. The number of aromatic nitrogens is 3. The van der Waals surface area contributed by atoms with Crippen molar-refractivity contribution < 1.29 is 4.39 Å². The molecule has 0 spiro atoms. The number of benzene rings is 1. The lowest BCUT2D eigenvalue weighted by molar-refractivity contribution is 0.462. The van der Waals surface area contributed by atoms with Crippen molar-refractivity contribution in [3.63, 3.8) is 0 Å². The van der Waals surface area contributed by atoms with Crippen molar-refractivity contribution in [3.8, 4) is 0 Å². The van der Waals surface area contributed by atoms with Gasteiger partial charge in [-0.25, -0.2) is 9.37 Å². The Kier molecular flexibility index (Phi) is 3.80. The lowest BCUT2D eigenvalue weighted by Gasteiger charge is -2.26. The minimum atomic E-state index is -0.872. The van der Waals surface area contributed by atoms with Crippen LogP contribution in [0.15, 0.2) is 18.5 Å². The molecule has 1 atom stereocenters. The zero-order valence-electron chi connectivity index (χ0n) is 10.5. The van der Waals surface area contributed by atoms with E-state index in [2.05, 4.69) is 10.1 Å². The van der Waals surface area contributed by atoms with Crippen LogP contribution in [-0.2, 0) is 19.0 Å². The summed E-state index contributed by atoms with van der Waals surface area (Å²) in [5.41, 5.74) is 5.86. The summed E-state index contributed by atoms with van der Waals surface area (Å²) in [7, 11) is 1.77. The van der Waals surface area contributed by atoms with E-state index in [1.807, 2.05) is 0 Å². The van der Waals surface area contributed by atoms with Crippen LogP contribution in [0, 0.1) is 5.82 Å². The van der Waals surface area contributed by atoms with E-state index in [9.17, 15) is 4.39 Å². The normalized spacial score (nSPS) is 14.4. The van der Waals surface area contributed by atoms with Crippen molar-refractivity contribution >= 4 is 23.2 Å². The smallest absolute Gasteiger partial charge is 0.142 e. The molecule has 0 amide bonds. The van der Waals surface area contributed by atoms with Crippen molar-refractivity contribution in [2.45, 2.75) is 18.9 Å². The molecule has 2 N–H and O–H groups in total. The average molecular weight is 303 g/mol. The first-order valence-electron chi connectivity index (χ1n) is 5.58. The monoisotopic (exact) mass is 302 g/mol. The third-order valence-electron chi connectivity index (χ3n) is 2.96. The molecule has 0 bridgehead atoms. The molecule has 0 saturated heterocycles. The molecular weight excluding hydrogens is 290 g/mol. The maximum Gasteiger partial charge on any atom is 0.142 e. The van der Waals surface area contributed by atoms with E-state index in [1.165, 1.54) is 18.5 Å². The van der Waals surface area contributed by atoms with Crippen LogP contribution in [-0.4, -0.2) is 14.8 Å². The maximum absolute atomic E-state index is 13.6. The number of hydrogen-bond donors (Lipinski definition) is 1. The Morgan fingerprint density at radius 2 is 2.05 bits per heavy atom. The topological polar surface area (TPSA) is 56.7 Å². The van der Waals surface area contributed by atoms with Crippen LogP contribution in [0.5, 0.6) is 0 Å². The highest BCUT2D eigenvalue weighted by Gasteiger charge is 2.27. The predicted octanol–water partition coefficient (Wildman–Crippen LogP) is 2.68. The minimum Gasteiger partial charge on any atom is -0.321 e. The first kappa shape index (κ1) is 14.2. The molecule has 1 aromatic heterocycles. The molecule has 1 unspecified atom stereocenters. The first-order valence-corrected chi connectivity index (χ1v) is 6.33. The van der Waals surface area contributed by atoms with Crippen molar-refractivity contribution in [1.29, 1.82) is 0 Å². The van der Waals surface area contributed by atoms with E-state index < -0.39 is 11.4 Å². The van der Waals surface area contributed by atoms with Gasteiger partial charge < -0.3 is 5.73 Å². The Morgan fingerprint density at radius 1 is 1.37 bits per heavy atom. The zero-order valence-corrected chi connectivity index (χ0v) is 12.0. The predicted molar refractivity (Wildman–Crippen MR) is 72.7 cm³/mol. The summed E-state index contributed by atoms with van der Waals surface area (Å²) in [5, 5.41) is 4.28. The average Bonchev–Trinajstić information content (AvgIpc) is 2.69. The molecule has 0 fully saturated rings. The number of nitrogens with zero attached hydrogens (tertiary/aromatic N) is 3. The Hall–Kier alpha value is -1.17. The zero-order chi connectivity index (χ0) is 14.2. The second kappa shape index (κ2) is 5.07. The van der Waals surface area contributed by atoms with Crippen LogP contribution in [0.1, 0.15) is 18.3 Å². The van der Waals surface area contributed by atoms with Gasteiger partial charge in [0.1, 0.15) is 18.0 Å². The van der Waals surface area contributed by atoms with Gasteiger partial charge in [-0.1, -0.05) is 23.2 Å². The highest BCUT2D eigenvalue weighted by Crippen LogP contribution is 2.32. The van der Waals surface area contributed by atoms with Crippen LogP contribution in [0.25, 0.3) is 0 Å². The third-order valence-corrected chi connectivity index (χ3v) is 3.56. The van der Waals surface area contributed by atoms with E-state index in [0.29, 0.717) is 22.8 Å². The standard InChI is InChI=1S/C12H13Cl2FN4/c1-12(16,5-11-17-6-18-19(11)2)7-3-10(15)9(14)4-8(7)13/h3-4,6H,5,16H2,1-2H3. The second-order valence-electron chi connectivity index (χ2n) is 4.64. The fourth-order valence-corrected chi connectivity index (χ4v) is 2.46. The number of halogens is 3. The van der Waals surface area contributed by atoms with Crippen LogP contribution in [0.3, 0.4) is 0 Å². The Balaban J connectivity index is 2.39. The molecule has 0 aliphatic heterocycles. The molecule has 2 aromatic rings. The summed E-state index contributed by atoms with van der Waals surface area (Å²) in [6.07, 6.45) is 1.82. The minimum absolute atomic E-state index is 0.0248. The maximum atomic E-state index is 13.6. The van der Waals surface area contributed by atoms with Crippen molar-refractivity contribution in [1.82, 2.24) is 14.8 Å². The Bertz CT molecular complexity index is 610. The molecule has 0 aliphatic carbocycles. The summed E-state index contributed by atoms with van der Waals surface area (Å²) >= 11 is 11.8. The molecule has 102 valence electrons. The van der Waals surface area contributed by atoms with Gasteiger partial charge in [0, 0.05) is 24.0 Å². The molecule has 0 aliphatic rings. The molecule has 0 saturated carbocycles. The Morgan fingerprint density at radius 3 is 2.63 bits per heavy atom. The number of hydrogen-bond acceptors (Lipinski definition) is 3. The summed E-state index contributed by atoms with van der Waals surface area (Å²) in [4.78, 5) is 4.11. The Labute approximate surface area is 120 Å². The highest BCUT2D eigenvalue weighted by molar-refractivity contribution is 6.35. The molecule has 7 heteroatoms. The van der Waals surface area contributed by atoms with Gasteiger partial charge in [0.05, 0.1) is 5.02 Å². The summed E-state index contributed by atoms with van der Waals surface area (Å²) in [6.45, 7) is 1.76. The van der Waals surface area contributed by atoms with Gasteiger partial charge in [0.15, 0.2) is 0 Å². The van der Waals surface area contributed by atoms with Gasteiger partial charge in [-0.2, -0.15) is 5.10 Å². The summed E-state index contributed by atoms with van der Waals surface area (Å²) < 4.78 is 15.2. The molecule has 1 aromatic carbocycles. The van der Waals surface area contributed by atoms with Crippen LogP contribution in [0.2, 0.25) is 10.0 Å². The van der Waals surface area contributed by atoms with E-state index in [4.69, 9.17) is 28.9 Å². The third kappa shape index (κ3) is 2.88. The number of nitrogens with two attached hydrogens (primary N) is 1. The number of rotatable bonds is 3. The molecule has 0 radical (unpaired) electrons. The van der Waals surface area contributed by atoms with E-state index >= 15 is 0 Å². The molecular formula is C12H13Cl2FN4. The SMILES string of the molecule is Cn1ncnc1CC(C)(N)c1cc(F)c(Cl)cc1Cl. The fourth-order valence-electron chi connectivity index (χ4n) is 1.86. The van der Waals surface area contributed by atoms with Gasteiger partial charge in [0.25, 0.3) is 0 Å². The van der Waals surface area contributed by atoms with Crippen LogP contribution < -0.4 is 5.73 Å². The van der Waals surface area contributed by atoms with Crippen molar-refractivity contribution in [3.05, 3.63) is 45.7 Å². The number of aryl methyl sites for hydroxylation is 1. The van der Waals surface area contributed by atoms with E-state index in [1.54, 1.807) is 18.7 Å². The van der Waals surface area contributed by atoms with Crippen LogP contribution in [0.4, 0.5) is 4.39 Å². The van der Waals surface area contributed by atoms with Gasteiger partial charge in [-0.3, -0.25) is 4.68 Å². The van der Waals surface area contributed by atoms with Crippen LogP contribution >= 0.6 is 23.2 Å². The lowest BCUT2D eigenvalue weighted by atomic mass is 9.89. The van der Waals surface area contributed by atoms with Gasteiger partial charge in [-0.15, -0.1) is 0 Å². The van der Waals surface area contributed by atoms with E-state index in [-0.39, 0.29) is 5.02 Å². The quantitative estimate of drug-likeness (QED) is 0.887. The largest absolute Gasteiger partial charge is 0.321 e. The summed E-state index contributed by atoms with van der Waals surface area (Å²) in [5.74, 6) is 0.145. The summed E-state index contributed by atoms with van der Waals surface area (Å²) in [6, 6.07) is 2.62. The lowest BCUT2D eigenvalue weighted by Crippen LogP contribution is -2.37. The molecule has 4 nitrogen and oxygen atoms in total. The van der Waals surface area contributed by atoms with Crippen molar-refractivity contribution in [2.24, 2.45) is 12.8 Å². The molecule has 19 heavy (non-hydrogen) atoms. The van der Waals surface area contributed by atoms with Gasteiger partial charge in [-0.05, 0) is 24.6 Å². The fraction of sp³-hybridized carbons (Fsp3) is 0.333. The molecule has 2 rings (SSSR count). The van der Waals surface area contributed by atoms with Crippen molar-refractivity contribution in [2.75, 3.05) is 0 Å². The second-order valence-corrected chi connectivity index (χ2v) is 5.45. The highest BCUT2D eigenvalue weighted by atomic mass is 35.5. The first-order chi connectivity index (χ1) is 8.81.